The van der Waals surface area contributed by atoms with Gasteiger partial charge in [-0.05, 0) is 11.1 Å². The fraction of sp³-hybridized carbons (Fsp3) is 0.320. The number of hydrazone groups is 1. The molecule has 1 aliphatic rings. The van der Waals surface area contributed by atoms with Gasteiger partial charge < -0.3 is 9.32 Å². The fourth-order valence-electron chi connectivity index (χ4n) is 4.05. The number of amides is 1. The number of nitrogens with zero attached hydrogens (tertiary/aromatic N) is 4. The number of nitrogens with one attached hydrogen (secondary N) is 1. The minimum atomic E-state index is -0.105. The van der Waals surface area contributed by atoms with Crippen LogP contribution >= 0.6 is 0 Å². The average molecular weight is 432 g/mol. The lowest BCUT2D eigenvalue weighted by Crippen LogP contribution is -2.48. The van der Waals surface area contributed by atoms with Crippen LogP contribution in [0.25, 0.3) is 0 Å². The third-order valence-electron chi connectivity index (χ3n) is 5.68. The summed E-state index contributed by atoms with van der Waals surface area (Å²) in [6, 6.07) is 21.6. The number of rotatable bonds is 8. The van der Waals surface area contributed by atoms with Crippen molar-refractivity contribution in [1.82, 2.24) is 20.2 Å². The van der Waals surface area contributed by atoms with Crippen LogP contribution in [0.1, 0.15) is 35.2 Å². The summed E-state index contributed by atoms with van der Waals surface area (Å²) < 4.78 is 5.29. The number of carbonyl (C=O) groups is 1. The Morgan fingerprint density at radius 2 is 1.69 bits per heavy atom. The number of hydrogen-bond acceptors (Lipinski definition) is 6. The highest BCUT2D eigenvalue weighted by atomic mass is 16.4. The number of oxazole rings is 1. The van der Waals surface area contributed by atoms with Crippen LogP contribution in [0.2, 0.25) is 0 Å². The van der Waals surface area contributed by atoms with E-state index in [2.05, 4.69) is 86.0 Å². The second-order valence-electron chi connectivity index (χ2n) is 7.93. The summed E-state index contributed by atoms with van der Waals surface area (Å²) in [4.78, 5) is 21.0. The van der Waals surface area contributed by atoms with Gasteiger partial charge in [0.15, 0.2) is 11.7 Å². The van der Waals surface area contributed by atoms with Gasteiger partial charge in [0.25, 0.3) is 0 Å². The molecular formula is C25H29N5O2. The molecule has 1 amide bonds. The number of aryl methyl sites for hydroxylation is 1. The van der Waals surface area contributed by atoms with Crippen LogP contribution < -0.4 is 5.43 Å². The first-order valence-electron chi connectivity index (χ1n) is 11.0. The zero-order valence-corrected chi connectivity index (χ0v) is 18.4. The van der Waals surface area contributed by atoms with E-state index in [1.54, 1.807) is 13.1 Å². The first-order chi connectivity index (χ1) is 15.7. The third kappa shape index (κ3) is 5.90. The van der Waals surface area contributed by atoms with Gasteiger partial charge in [-0.2, -0.15) is 5.10 Å². The Morgan fingerprint density at radius 3 is 2.25 bits per heavy atom. The quantitative estimate of drug-likeness (QED) is 0.438. The summed E-state index contributed by atoms with van der Waals surface area (Å²) in [7, 11) is 0. The molecule has 4 rings (SSSR count). The van der Waals surface area contributed by atoms with Crippen molar-refractivity contribution < 1.29 is 9.21 Å². The summed E-state index contributed by atoms with van der Waals surface area (Å²) in [5.74, 6) is 0.982. The summed E-state index contributed by atoms with van der Waals surface area (Å²) in [5.41, 5.74) is 5.18. The van der Waals surface area contributed by atoms with Crippen molar-refractivity contribution in [3.8, 4) is 0 Å². The monoisotopic (exact) mass is 431 g/mol. The molecule has 0 unspecified atom stereocenters. The molecule has 7 heteroatoms. The van der Waals surface area contributed by atoms with Crippen LogP contribution in [0.3, 0.4) is 0 Å². The van der Waals surface area contributed by atoms with Crippen molar-refractivity contribution >= 4 is 12.1 Å². The lowest BCUT2D eigenvalue weighted by atomic mass is 9.96. The second-order valence-corrected chi connectivity index (χ2v) is 7.93. The normalized spacial score (nSPS) is 15.4. The van der Waals surface area contributed by atoms with Crippen molar-refractivity contribution in [3.63, 3.8) is 0 Å². The van der Waals surface area contributed by atoms with E-state index in [-0.39, 0.29) is 11.9 Å². The molecule has 1 N–H and O–H groups in total. The minimum Gasteiger partial charge on any atom is -0.440 e. The zero-order valence-electron chi connectivity index (χ0n) is 18.4. The molecule has 32 heavy (non-hydrogen) atoms. The van der Waals surface area contributed by atoms with Gasteiger partial charge in [-0.25, -0.2) is 10.4 Å². The number of benzene rings is 2. The van der Waals surface area contributed by atoms with Gasteiger partial charge in [0.2, 0.25) is 5.91 Å². The van der Waals surface area contributed by atoms with Gasteiger partial charge >= 0.3 is 0 Å². The summed E-state index contributed by atoms with van der Waals surface area (Å²) >= 11 is 0. The standard InChI is InChI=1S/C25H29N5O2/c1-20-26-18-23(32-20)19-27-28-24(31)12-13-29-14-16-30(17-15-29)25(21-8-4-2-5-9-21)22-10-6-3-7-11-22/h2-11,18-19,25H,12-17H2,1H3,(H,28,31)/b27-19+. The highest BCUT2D eigenvalue weighted by Gasteiger charge is 2.26. The number of hydrogen-bond donors (Lipinski definition) is 1. The van der Waals surface area contributed by atoms with E-state index in [9.17, 15) is 4.79 Å². The van der Waals surface area contributed by atoms with Gasteiger partial charge in [0, 0.05) is 46.1 Å². The highest BCUT2D eigenvalue weighted by molar-refractivity contribution is 5.80. The SMILES string of the molecule is Cc1ncc(/C=N/NC(=O)CCN2CCN(C(c3ccccc3)c3ccccc3)CC2)o1. The molecule has 0 saturated carbocycles. The van der Waals surface area contributed by atoms with Crippen LogP contribution in [0.4, 0.5) is 0 Å². The summed E-state index contributed by atoms with van der Waals surface area (Å²) in [5, 5.41) is 3.94. The van der Waals surface area contributed by atoms with Crippen LogP contribution in [-0.2, 0) is 4.79 Å². The molecule has 166 valence electrons. The minimum absolute atomic E-state index is 0.105. The molecule has 2 aromatic carbocycles. The molecule has 1 aromatic heterocycles. The Kier molecular flexibility index (Phi) is 7.42. The fourth-order valence-corrected chi connectivity index (χ4v) is 4.05. The van der Waals surface area contributed by atoms with Gasteiger partial charge in [0.1, 0.15) is 0 Å². The highest BCUT2D eigenvalue weighted by Crippen LogP contribution is 2.29. The van der Waals surface area contributed by atoms with Gasteiger partial charge in [-0.15, -0.1) is 0 Å². The van der Waals surface area contributed by atoms with Crippen LogP contribution in [-0.4, -0.2) is 59.6 Å². The molecule has 1 fully saturated rings. The molecule has 0 atom stereocenters. The second kappa shape index (κ2) is 10.8. The Bertz CT molecular complexity index is 972. The van der Waals surface area contributed by atoms with E-state index in [4.69, 9.17) is 4.42 Å². The van der Waals surface area contributed by atoms with Crippen molar-refractivity contribution in [2.24, 2.45) is 5.10 Å². The molecule has 7 nitrogen and oxygen atoms in total. The maximum Gasteiger partial charge on any atom is 0.241 e. The molecule has 0 aliphatic carbocycles. The molecule has 0 bridgehead atoms. The maximum absolute atomic E-state index is 12.1. The van der Waals surface area contributed by atoms with Gasteiger partial charge in [0.05, 0.1) is 18.5 Å². The topological polar surface area (TPSA) is 74.0 Å². The van der Waals surface area contributed by atoms with E-state index < -0.39 is 0 Å². The predicted octanol–water partition coefficient (Wildman–Crippen LogP) is 3.23. The largest absolute Gasteiger partial charge is 0.440 e. The maximum atomic E-state index is 12.1. The Morgan fingerprint density at radius 1 is 1.06 bits per heavy atom. The lowest BCUT2D eigenvalue weighted by molar-refractivity contribution is -0.121. The first kappa shape index (κ1) is 21.9. The smallest absolute Gasteiger partial charge is 0.241 e. The van der Waals surface area contributed by atoms with Crippen LogP contribution in [0.15, 0.2) is 76.4 Å². The molecule has 0 radical (unpaired) electrons. The number of aromatic nitrogens is 1. The van der Waals surface area contributed by atoms with Crippen molar-refractivity contribution in [2.45, 2.75) is 19.4 Å². The summed E-state index contributed by atoms with van der Waals surface area (Å²) in [6.07, 6.45) is 3.44. The molecule has 2 heterocycles. The predicted molar refractivity (Wildman–Crippen MR) is 124 cm³/mol. The van der Waals surface area contributed by atoms with Crippen molar-refractivity contribution in [2.75, 3.05) is 32.7 Å². The Hall–Kier alpha value is -3.29. The molecule has 1 aliphatic heterocycles. The van der Waals surface area contributed by atoms with Gasteiger partial charge in [-0.1, -0.05) is 60.7 Å². The first-order valence-corrected chi connectivity index (χ1v) is 11.0. The van der Waals surface area contributed by atoms with Gasteiger partial charge in [-0.3, -0.25) is 9.69 Å². The average Bonchev–Trinajstić information content (AvgIpc) is 3.25. The molecule has 0 spiro atoms. The van der Waals surface area contributed by atoms with Crippen LogP contribution in [0.5, 0.6) is 0 Å². The van der Waals surface area contributed by atoms with Crippen molar-refractivity contribution in [1.29, 1.82) is 0 Å². The molecular weight excluding hydrogens is 402 g/mol. The third-order valence-corrected chi connectivity index (χ3v) is 5.68. The zero-order chi connectivity index (χ0) is 22.2. The number of piperazine rings is 1. The lowest BCUT2D eigenvalue weighted by Gasteiger charge is -2.39. The number of carbonyl (C=O) groups excluding carboxylic acids is 1. The Balaban J connectivity index is 1.27. The Labute approximate surface area is 188 Å². The molecule has 1 saturated heterocycles. The van der Waals surface area contributed by atoms with Crippen LogP contribution in [0, 0.1) is 6.92 Å². The van der Waals surface area contributed by atoms with E-state index in [0.29, 0.717) is 18.1 Å². The molecule has 3 aromatic rings. The van der Waals surface area contributed by atoms with Crippen molar-refractivity contribution in [3.05, 3.63) is 89.6 Å². The van der Waals surface area contributed by atoms with E-state index in [1.807, 2.05) is 0 Å². The summed E-state index contributed by atoms with van der Waals surface area (Å²) in [6.45, 7) is 6.27. The van der Waals surface area contributed by atoms with E-state index in [1.165, 1.54) is 17.3 Å². The van der Waals surface area contributed by atoms with E-state index in [0.717, 1.165) is 32.7 Å². The van der Waals surface area contributed by atoms with E-state index >= 15 is 0 Å².